The summed E-state index contributed by atoms with van der Waals surface area (Å²) < 4.78 is 2.39. The first-order chi connectivity index (χ1) is 19.1. The van der Waals surface area contributed by atoms with Crippen LogP contribution in [0.1, 0.15) is 68.6 Å². The fourth-order valence-electron chi connectivity index (χ4n) is 6.35. The third kappa shape index (κ3) is 4.52. The zero-order chi connectivity index (χ0) is 28.7. The first kappa shape index (κ1) is 27.4. The Hall–Kier alpha value is -4.18. The molecule has 5 rings (SSSR count). The van der Waals surface area contributed by atoms with Gasteiger partial charge < -0.3 is 10.0 Å². The van der Waals surface area contributed by atoms with Gasteiger partial charge in [0.15, 0.2) is 5.71 Å². The molecule has 0 atom stereocenters. The monoisotopic (exact) mass is 531 g/mol. The number of hydrogen-bond acceptors (Lipinski definition) is 2. The van der Waals surface area contributed by atoms with Crippen LogP contribution in [0.5, 0.6) is 0 Å². The van der Waals surface area contributed by atoms with E-state index in [4.69, 9.17) is 0 Å². The van der Waals surface area contributed by atoms with Crippen LogP contribution in [0.2, 0.25) is 0 Å². The minimum absolute atomic E-state index is 0.131. The molecule has 0 unspecified atom stereocenters. The van der Waals surface area contributed by atoms with E-state index in [1.54, 1.807) is 12.1 Å². The van der Waals surface area contributed by atoms with Crippen molar-refractivity contribution < 1.29 is 14.5 Å². The lowest BCUT2D eigenvalue weighted by atomic mass is 9.81. The highest BCUT2D eigenvalue weighted by molar-refractivity contribution is 6.04. The SMILES string of the molecule is CCN1/C(=C/C=C(/C=C/C2=[N+](CC)c3ccccc3C2(C)C)c2ccc(C(=O)O)cc2)C(C)(C)c2ccccc21. The topological polar surface area (TPSA) is 43.5 Å². The van der Waals surface area contributed by atoms with Gasteiger partial charge >= 0.3 is 5.97 Å². The second kappa shape index (κ2) is 10.4. The average Bonchev–Trinajstić information content (AvgIpc) is 3.31. The van der Waals surface area contributed by atoms with Crippen molar-refractivity contribution in [2.75, 3.05) is 18.0 Å². The van der Waals surface area contributed by atoms with Gasteiger partial charge in [-0.05, 0) is 74.7 Å². The smallest absolute Gasteiger partial charge is 0.335 e. The highest BCUT2D eigenvalue weighted by Gasteiger charge is 2.43. The highest BCUT2D eigenvalue weighted by atomic mass is 16.4. The van der Waals surface area contributed by atoms with Gasteiger partial charge in [0.05, 0.1) is 11.0 Å². The molecular weight excluding hydrogens is 492 g/mol. The van der Waals surface area contributed by atoms with Crippen molar-refractivity contribution in [1.82, 2.24) is 0 Å². The second-order valence-corrected chi connectivity index (χ2v) is 11.5. The van der Waals surface area contributed by atoms with Crippen molar-refractivity contribution in [2.24, 2.45) is 0 Å². The summed E-state index contributed by atoms with van der Waals surface area (Å²) >= 11 is 0. The number of rotatable bonds is 7. The lowest BCUT2D eigenvalue weighted by Crippen LogP contribution is -2.27. The van der Waals surface area contributed by atoms with E-state index >= 15 is 0 Å². The average molecular weight is 532 g/mol. The van der Waals surface area contributed by atoms with Crippen LogP contribution >= 0.6 is 0 Å². The normalized spacial score (nSPS) is 18.5. The zero-order valence-electron chi connectivity index (χ0n) is 24.4. The molecule has 0 radical (unpaired) electrons. The number of carboxylic acid groups (broad SMARTS) is 1. The number of benzene rings is 3. The molecule has 3 aromatic carbocycles. The quantitative estimate of drug-likeness (QED) is 0.247. The molecule has 4 heteroatoms. The maximum atomic E-state index is 11.5. The molecule has 0 aromatic heterocycles. The van der Waals surface area contributed by atoms with E-state index in [0.29, 0.717) is 0 Å². The fraction of sp³-hybridized carbons (Fsp3) is 0.278. The molecule has 0 saturated carbocycles. The Morgan fingerprint density at radius 1 is 0.850 bits per heavy atom. The minimum Gasteiger partial charge on any atom is -0.478 e. The molecule has 0 saturated heterocycles. The molecule has 1 N–H and O–H groups in total. The van der Waals surface area contributed by atoms with Crippen LogP contribution in [-0.4, -0.2) is 34.5 Å². The number of para-hydroxylation sites is 2. The van der Waals surface area contributed by atoms with Crippen molar-refractivity contribution in [1.29, 1.82) is 0 Å². The maximum Gasteiger partial charge on any atom is 0.335 e. The number of anilines is 1. The van der Waals surface area contributed by atoms with Crippen LogP contribution in [0.15, 0.2) is 103 Å². The van der Waals surface area contributed by atoms with Crippen LogP contribution in [0.3, 0.4) is 0 Å². The van der Waals surface area contributed by atoms with E-state index in [0.717, 1.165) is 24.2 Å². The molecule has 2 aliphatic heterocycles. The van der Waals surface area contributed by atoms with E-state index in [2.05, 4.69) is 124 Å². The molecule has 4 nitrogen and oxygen atoms in total. The Balaban J connectivity index is 1.62. The number of likely N-dealkylation sites (N-methyl/N-ethyl adjacent to an activating group) is 1. The standard InChI is InChI=1S/C36H38N2O2/c1-7-37-30-15-11-9-13-28(30)35(3,4)32(37)23-21-26(25-17-19-27(20-18-25)34(39)40)22-24-33-36(5,6)29-14-10-12-16-31(29)38(33)8-2/h9-24H,7-8H2,1-6H3/p+1. The van der Waals surface area contributed by atoms with Gasteiger partial charge in [0.25, 0.3) is 0 Å². The van der Waals surface area contributed by atoms with Crippen LogP contribution in [0.25, 0.3) is 5.57 Å². The van der Waals surface area contributed by atoms with E-state index in [1.807, 2.05) is 12.1 Å². The third-order valence-corrected chi connectivity index (χ3v) is 8.54. The summed E-state index contributed by atoms with van der Waals surface area (Å²) in [5, 5.41) is 9.46. The summed E-state index contributed by atoms with van der Waals surface area (Å²) in [6, 6.07) is 24.5. The van der Waals surface area contributed by atoms with Gasteiger partial charge in [-0.25, -0.2) is 4.79 Å². The van der Waals surface area contributed by atoms with Gasteiger partial charge in [-0.3, -0.25) is 0 Å². The molecule has 204 valence electrons. The molecule has 0 bridgehead atoms. The summed E-state index contributed by atoms with van der Waals surface area (Å²) in [5.74, 6) is -0.918. The summed E-state index contributed by atoms with van der Waals surface area (Å²) in [4.78, 5) is 13.9. The Kier molecular flexibility index (Phi) is 7.14. The summed E-state index contributed by atoms with van der Waals surface area (Å²) in [6.07, 6.45) is 8.85. The van der Waals surface area contributed by atoms with Crippen LogP contribution in [-0.2, 0) is 10.8 Å². The van der Waals surface area contributed by atoms with Crippen molar-refractivity contribution in [2.45, 2.75) is 52.4 Å². The molecule has 0 aliphatic carbocycles. The molecular formula is C36H39N2O2+. The van der Waals surface area contributed by atoms with Gasteiger partial charge in [-0.2, -0.15) is 4.58 Å². The van der Waals surface area contributed by atoms with E-state index in [9.17, 15) is 9.90 Å². The predicted molar refractivity (Wildman–Crippen MR) is 166 cm³/mol. The number of fused-ring (bicyclic) bond motifs is 2. The first-order valence-corrected chi connectivity index (χ1v) is 14.2. The van der Waals surface area contributed by atoms with Crippen LogP contribution < -0.4 is 4.90 Å². The molecule has 0 amide bonds. The molecule has 2 aliphatic rings. The lowest BCUT2D eigenvalue weighted by molar-refractivity contribution is -0.433. The summed E-state index contributed by atoms with van der Waals surface area (Å²) in [5.41, 5.74) is 9.72. The summed E-state index contributed by atoms with van der Waals surface area (Å²) in [6.45, 7) is 15.3. The van der Waals surface area contributed by atoms with Gasteiger partial charge in [0.1, 0.15) is 6.54 Å². The Morgan fingerprint density at radius 2 is 1.48 bits per heavy atom. The Labute approximate surface area is 238 Å². The third-order valence-electron chi connectivity index (χ3n) is 8.54. The van der Waals surface area contributed by atoms with Crippen LogP contribution in [0, 0.1) is 0 Å². The van der Waals surface area contributed by atoms with Gasteiger partial charge in [0.2, 0.25) is 5.69 Å². The largest absolute Gasteiger partial charge is 0.478 e. The van der Waals surface area contributed by atoms with Crippen molar-refractivity contribution in [3.8, 4) is 0 Å². The zero-order valence-corrected chi connectivity index (χ0v) is 24.4. The molecule has 0 spiro atoms. The number of nitrogens with zero attached hydrogens (tertiary/aromatic N) is 2. The van der Waals surface area contributed by atoms with E-state index in [-0.39, 0.29) is 16.4 Å². The van der Waals surface area contributed by atoms with Crippen molar-refractivity contribution >= 4 is 28.6 Å². The lowest BCUT2D eigenvalue weighted by Gasteiger charge is -2.26. The van der Waals surface area contributed by atoms with E-state index in [1.165, 1.54) is 33.9 Å². The number of hydrogen-bond donors (Lipinski definition) is 1. The number of carbonyl (C=O) groups is 1. The molecule has 3 aromatic rings. The summed E-state index contributed by atoms with van der Waals surface area (Å²) in [7, 11) is 0. The number of allylic oxidation sites excluding steroid dienone is 6. The second-order valence-electron chi connectivity index (χ2n) is 11.5. The van der Waals surface area contributed by atoms with Crippen molar-refractivity contribution in [3.05, 3.63) is 125 Å². The maximum absolute atomic E-state index is 11.5. The highest BCUT2D eigenvalue weighted by Crippen LogP contribution is 2.47. The minimum atomic E-state index is -0.918. The van der Waals surface area contributed by atoms with Gasteiger partial charge in [-0.15, -0.1) is 0 Å². The van der Waals surface area contributed by atoms with Gasteiger partial charge in [-0.1, -0.05) is 68.5 Å². The van der Waals surface area contributed by atoms with E-state index < -0.39 is 5.97 Å². The van der Waals surface area contributed by atoms with Crippen LogP contribution in [0.4, 0.5) is 11.4 Å². The number of aromatic carboxylic acids is 1. The first-order valence-electron chi connectivity index (χ1n) is 14.2. The Morgan fingerprint density at radius 3 is 2.12 bits per heavy atom. The predicted octanol–water partition coefficient (Wildman–Crippen LogP) is 8.12. The molecule has 2 heterocycles. The Bertz CT molecular complexity index is 1580. The van der Waals surface area contributed by atoms with Crippen molar-refractivity contribution in [3.63, 3.8) is 0 Å². The van der Waals surface area contributed by atoms with Gasteiger partial charge in [0, 0.05) is 41.1 Å². The number of carboxylic acids is 1. The fourth-order valence-corrected chi connectivity index (χ4v) is 6.35. The molecule has 0 fully saturated rings. The molecule has 40 heavy (non-hydrogen) atoms.